The van der Waals surface area contributed by atoms with E-state index in [2.05, 4.69) is 28.9 Å². The van der Waals surface area contributed by atoms with E-state index >= 15 is 0 Å². The van der Waals surface area contributed by atoms with Crippen molar-refractivity contribution in [3.05, 3.63) is 29.8 Å². The third-order valence-corrected chi connectivity index (χ3v) is 2.65. The first-order valence-corrected chi connectivity index (χ1v) is 6.65. The molecule has 0 spiro atoms. The van der Waals surface area contributed by atoms with Crippen LogP contribution in [0.5, 0.6) is 5.75 Å². The van der Waals surface area contributed by atoms with Gasteiger partial charge in [0.1, 0.15) is 5.75 Å². The van der Waals surface area contributed by atoms with Crippen LogP contribution >= 0.6 is 0 Å². The molecule has 0 aliphatic rings. The second-order valence-electron chi connectivity index (χ2n) is 4.97. The van der Waals surface area contributed by atoms with E-state index in [1.807, 2.05) is 0 Å². The summed E-state index contributed by atoms with van der Waals surface area (Å²) in [6, 6.07) is 5.86. The Kier molecular flexibility index (Phi) is 6.33. The lowest BCUT2D eigenvalue weighted by Gasteiger charge is -2.12. The molecule has 1 rings (SSSR count). The molecule has 0 aromatic heterocycles. The maximum atomic E-state index is 12.3. The molecule has 0 amide bonds. The third-order valence-electron chi connectivity index (χ3n) is 2.65. The van der Waals surface area contributed by atoms with E-state index in [1.165, 1.54) is 18.2 Å². The van der Waals surface area contributed by atoms with Gasteiger partial charge in [0.2, 0.25) is 0 Å². The molecular weight excluding hydrogens is 283 g/mol. The zero-order valence-corrected chi connectivity index (χ0v) is 12.1. The molecule has 0 saturated heterocycles. The summed E-state index contributed by atoms with van der Waals surface area (Å²) < 4.78 is 40.7. The molecule has 7 heteroatoms. The Bertz CT molecular complexity index is 473. The molecule has 0 aliphatic heterocycles. The summed E-state index contributed by atoms with van der Waals surface area (Å²) in [5.74, 6) is 0.479. The Labute approximate surface area is 122 Å². The Balaban J connectivity index is 2.62. The van der Waals surface area contributed by atoms with E-state index < -0.39 is 6.36 Å². The molecule has 0 saturated carbocycles. The SMILES string of the molecule is CC(C)CCNC(N)=NCc1ccccc1OC(F)(F)F. The van der Waals surface area contributed by atoms with E-state index in [4.69, 9.17) is 5.73 Å². The van der Waals surface area contributed by atoms with Gasteiger partial charge in [-0.1, -0.05) is 32.0 Å². The Morgan fingerprint density at radius 1 is 1.33 bits per heavy atom. The van der Waals surface area contributed by atoms with Gasteiger partial charge >= 0.3 is 6.36 Å². The van der Waals surface area contributed by atoms with Crippen molar-refractivity contribution in [2.75, 3.05) is 6.54 Å². The number of alkyl halides is 3. The van der Waals surface area contributed by atoms with Crippen molar-refractivity contribution in [3.8, 4) is 5.75 Å². The fraction of sp³-hybridized carbons (Fsp3) is 0.500. The average molecular weight is 303 g/mol. The van der Waals surface area contributed by atoms with Gasteiger partial charge < -0.3 is 15.8 Å². The van der Waals surface area contributed by atoms with Crippen LogP contribution < -0.4 is 15.8 Å². The van der Waals surface area contributed by atoms with E-state index in [-0.39, 0.29) is 18.3 Å². The van der Waals surface area contributed by atoms with Crippen LogP contribution in [-0.4, -0.2) is 18.9 Å². The number of para-hydroxylation sites is 1. The number of benzene rings is 1. The minimum Gasteiger partial charge on any atom is -0.405 e. The van der Waals surface area contributed by atoms with Gasteiger partial charge in [0.05, 0.1) is 6.54 Å². The maximum Gasteiger partial charge on any atom is 0.573 e. The highest BCUT2D eigenvalue weighted by molar-refractivity contribution is 5.77. The van der Waals surface area contributed by atoms with Gasteiger partial charge in [-0.2, -0.15) is 0 Å². The predicted molar refractivity (Wildman–Crippen MR) is 75.9 cm³/mol. The Hall–Kier alpha value is -1.92. The zero-order valence-electron chi connectivity index (χ0n) is 12.1. The second-order valence-corrected chi connectivity index (χ2v) is 4.97. The van der Waals surface area contributed by atoms with Crippen LogP contribution in [0.25, 0.3) is 0 Å². The maximum absolute atomic E-state index is 12.3. The molecule has 118 valence electrons. The van der Waals surface area contributed by atoms with Crippen molar-refractivity contribution < 1.29 is 17.9 Å². The largest absolute Gasteiger partial charge is 0.573 e. The molecule has 1 aromatic rings. The van der Waals surface area contributed by atoms with Crippen LogP contribution in [0.1, 0.15) is 25.8 Å². The van der Waals surface area contributed by atoms with Gasteiger partial charge in [0.15, 0.2) is 5.96 Å². The van der Waals surface area contributed by atoms with Gasteiger partial charge in [0, 0.05) is 12.1 Å². The number of aliphatic imine (C=N–C) groups is 1. The number of ether oxygens (including phenoxy) is 1. The van der Waals surface area contributed by atoms with E-state index in [0.29, 0.717) is 18.0 Å². The molecular formula is C14H20F3N3O. The van der Waals surface area contributed by atoms with Gasteiger partial charge in [0.25, 0.3) is 0 Å². The number of nitrogens with two attached hydrogens (primary N) is 1. The van der Waals surface area contributed by atoms with Crippen LogP contribution in [0.4, 0.5) is 13.2 Å². The van der Waals surface area contributed by atoms with Crippen molar-refractivity contribution in [2.45, 2.75) is 33.2 Å². The van der Waals surface area contributed by atoms with Crippen LogP contribution in [-0.2, 0) is 6.54 Å². The van der Waals surface area contributed by atoms with Crippen LogP contribution in [0.2, 0.25) is 0 Å². The smallest absolute Gasteiger partial charge is 0.405 e. The van der Waals surface area contributed by atoms with Crippen molar-refractivity contribution in [3.63, 3.8) is 0 Å². The minimum atomic E-state index is -4.72. The molecule has 0 atom stereocenters. The Morgan fingerprint density at radius 3 is 2.62 bits per heavy atom. The number of hydrogen-bond acceptors (Lipinski definition) is 2. The minimum absolute atomic E-state index is 0.0206. The molecule has 0 fully saturated rings. The van der Waals surface area contributed by atoms with Crippen LogP contribution in [0, 0.1) is 5.92 Å². The van der Waals surface area contributed by atoms with E-state index in [0.717, 1.165) is 6.42 Å². The van der Waals surface area contributed by atoms with Gasteiger partial charge in [-0.05, 0) is 18.4 Å². The molecule has 21 heavy (non-hydrogen) atoms. The molecule has 0 unspecified atom stereocenters. The number of nitrogens with zero attached hydrogens (tertiary/aromatic N) is 1. The molecule has 0 heterocycles. The summed E-state index contributed by atoms with van der Waals surface area (Å²) in [6.45, 7) is 4.86. The number of hydrogen-bond donors (Lipinski definition) is 2. The quantitative estimate of drug-likeness (QED) is 0.627. The molecule has 0 aliphatic carbocycles. The topological polar surface area (TPSA) is 59.6 Å². The first-order chi connectivity index (χ1) is 9.78. The third kappa shape index (κ3) is 7.43. The van der Waals surface area contributed by atoms with Gasteiger partial charge in [-0.25, -0.2) is 4.99 Å². The van der Waals surface area contributed by atoms with Crippen molar-refractivity contribution >= 4 is 5.96 Å². The molecule has 0 radical (unpaired) electrons. The fourth-order valence-electron chi connectivity index (χ4n) is 1.57. The highest BCUT2D eigenvalue weighted by atomic mass is 19.4. The summed E-state index contributed by atoms with van der Waals surface area (Å²) >= 11 is 0. The van der Waals surface area contributed by atoms with Crippen molar-refractivity contribution in [2.24, 2.45) is 16.6 Å². The highest BCUT2D eigenvalue weighted by Crippen LogP contribution is 2.26. The van der Waals surface area contributed by atoms with E-state index in [1.54, 1.807) is 6.07 Å². The van der Waals surface area contributed by atoms with E-state index in [9.17, 15) is 13.2 Å². The van der Waals surface area contributed by atoms with Gasteiger partial charge in [-0.3, -0.25) is 0 Å². The molecule has 3 N–H and O–H groups in total. The lowest BCUT2D eigenvalue weighted by molar-refractivity contribution is -0.274. The summed E-state index contributed by atoms with van der Waals surface area (Å²) in [6.07, 6.45) is -3.79. The summed E-state index contributed by atoms with van der Waals surface area (Å²) in [7, 11) is 0. The lowest BCUT2D eigenvalue weighted by Crippen LogP contribution is -2.32. The molecule has 1 aromatic carbocycles. The normalized spacial score (nSPS) is 12.6. The number of guanidine groups is 1. The lowest BCUT2D eigenvalue weighted by atomic mass is 10.1. The first kappa shape index (κ1) is 17.1. The number of nitrogens with one attached hydrogen (secondary N) is 1. The van der Waals surface area contributed by atoms with Gasteiger partial charge in [-0.15, -0.1) is 13.2 Å². The monoisotopic (exact) mass is 303 g/mol. The zero-order chi connectivity index (χ0) is 15.9. The molecule has 0 bridgehead atoms. The predicted octanol–water partition coefficient (Wildman–Crippen LogP) is 3.04. The Morgan fingerprint density at radius 2 is 2.00 bits per heavy atom. The van der Waals surface area contributed by atoms with Crippen molar-refractivity contribution in [1.29, 1.82) is 0 Å². The number of halogens is 3. The second kappa shape index (κ2) is 7.75. The first-order valence-electron chi connectivity index (χ1n) is 6.65. The van der Waals surface area contributed by atoms with Crippen molar-refractivity contribution in [1.82, 2.24) is 5.32 Å². The molecule has 4 nitrogen and oxygen atoms in total. The standard InChI is InChI=1S/C14H20F3N3O/c1-10(2)7-8-19-13(18)20-9-11-5-3-4-6-12(11)21-14(15,16)17/h3-6,10H,7-9H2,1-2H3,(H3,18,19,20). The number of rotatable bonds is 6. The summed E-state index contributed by atoms with van der Waals surface area (Å²) in [4.78, 5) is 4.02. The summed E-state index contributed by atoms with van der Waals surface area (Å²) in [5, 5.41) is 2.92. The highest BCUT2D eigenvalue weighted by Gasteiger charge is 2.31. The summed E-state index contributed by atoms with van der Waals surface area (Å²) in [5.41, 5.74) is 5.98. The fourth-order valence-corrected chi connectivity index (χ4v) is 1.57. The van der Waals surface area contributed by atoms with Crippen LogP contribution in [0.3, 0.4) is 0 Å². The van der Waals surface area contributed by atoms with Crippen LogP contribution in [0.15, 0.2) is 29.3 Å². The average Bonchev–Trinajstić information content (AvgIpc) is 2.35.